The van der Waals surface area contributed by atoms with Gasteiger partial charge in [-0.05, 0) is 12.5 Å². The van der Waals surface area contributed by atoms with Gasteiger partial charge in [-0.1, -0.05) is 30.3 Å². The van der Waals surface area contributed by atoms with Crippen LogP contribution >= 0.6 is 0 Å². The summed E-state index contributed by atoms with van der Waals surface area (Å²) in [6.45, 7) is 1.97. The lowest BCUT2D eigenvalue weighted by Gasteiger charge is -2.06. The van der Waals surface area contributed by atoms with E-state index in [0.29, 0.717) is 5.95 Å². The van der Waals surface area contributed by atoms with Crippen molar-refractivity contribution in [2.75, 3.05) is 12.4 Å². The van der Waals surface area contributed by atoms with Crippen molar-refractivity contribution in [1.82, 2.24) is 19.7 Å². The maximum Gasteiger partial charge on any atom is 0.224 e. The van der Waals surface area contributed by atoms with Crippen LogP contribution in [0.1, 0.15) is 5.56 Å². The molecule has 3 rings (SSSR count). The molecule has 0 spiro atoms. The standard InChI is InChI=1S/C15H15N5/c1-11-8-17-15(16-2)19-14(11)20-10-13(9-18-20)12-6-4-3-5-7-12/h3-10H,1-2H3,(H,16,17,19). The van der Waals surface area contributed by atoms with E-state index in [0.717, 1.165) is 22.5 Å². The van der Waals surface area contributed by atoms with Crippen molar-refractivity contribution in [2.24, 2.45) is 0 Å². The second kappa shape index (κ2) is 5.13. The van der Waals surface area contributed by atoms with E-state index in [9.17, 15) is 0 Å². The first-order chi connectivity index (χ1) is 9.78. The first-order valence-corrected chi connectivity index (χ1v) is 6.40. The summed E-state index contributed by atoms with van der Waals surface area (Å²) in [7, 11) is 1.80. The van der Waals surface area contributed by atoms with Crippen LogP contribution < -0.4 is 5.32 Å². The van der Waals surface area contributed by atoms with Crippen LogP contribution in [0.4, 0.5) is 5.95 Å². The Balaban J connectivity index is 2.02. The molecule has 5 nitrogen and oxygen atoms in total. The fourth-order valence-electron chi connectivity index (χ4n) is 2.00. The summed E-state index contributed by atoms with van der Waals surface area (Å²) >= 11 is 0. The van der Waals surface area contributed by atoms with E-state index < -0.39 is 0 Å². The summed E-state index contributed by atoms with van der Waals surface area (Å²) in [4.78, 5) is 8.63. The summed E-state index contributed by atoms with van der Waals surface area (Å²) in [5.74, 6) is 1.37. The summed E-state index contributed by atoms with van der Waals surface area (Å²) in [6.07, 6.45) is 5.61. The van der Waals surface area contributed by atoms with E-state index in [-0.39, 0.29) is 0 Å². The lowest BCUT2D eigenvalue weighted by molar-refractivity contribution is 0.831. The number of nitrogens with one attached hydrogen (secondary N) is 1. The fourth-order valence-corrected chi connectivity index (χ4v) is 2.00. The van der Waals surface area contributed by atoms with Gasteiger partial charge in [0.05, 0.1) is 6.20 Å². The molecule has 0 aliphatic carbocycles. The highest BCUT2D eigenvalue weighted by Gasteiger charge is 2.08. The first-order valence-electron chi connectivity index (χ1n) is 6.40. The molecule has 0 fully saturated rings. The third-order valence-electron chi connectivity index (χ3n) is 3.08. The van der Waals surface area contributed by atoms with Crippen molar-refractivity contribution in [3.8, 4) is 16.9 Å². The Morgan fingerprint density at radius 2 is 1.85 bits per heavy atom. The lowest BCUT2D eigenvalue weighted by atomic mass is 10.1. The van der Waals surface area contributed by atoms with E-state index in [1.54, 1.807) is 17.9 Å². The molecule has 0 amide bonds. The number of aryl methyl sites for hydroxylation is 1. The van der Waals surface area contributed by atoms with Gasteiger partial charge in [-0.3, -0.25) is 0 Å². The van der Waals surface area contributed by atoms with Crippen molar-refractivity contribution in [2.45, 2.75) is 6.92 Å². The minimum Gasteiger partial charge on any atom is -0.357 e. The number of nitrogens with zero attached hydrogens (tertiary/aromatic N) is 4. The van der Waals surface area contributed by atoms with Crippen LogP contribution in [0.5, 0.6) is 0 Å². The zero-order valence-electron chi connectivity index (χ0n) is 11.4. The van der Waals surface area contributed by atoms with Crippen LogP contribution in [0.3, 0.4) is 0 Å². The minimum absolute atomic E-state index is 0.586. The van der Waals surface area contributed by atoms with E-state index in [1.165, 1.54) is 0 Å². The monoisotopic (exact) mass is 265 g/mol. The molecule has 0 unspecified atom stereocenters. The van der Waals surface area contributed by atoms with Crippen molar-refractivity contribution in [1.29, 1.82) is 0 Å². The molecule has 0 aliphatic rings. The number of hydrogen-bond donors (Lipinski definition) is 1. The van der Waals surface area contributed by atoms with Gasteiger partial charge in [0.25, 0.3) is 0 Å². The van der Waals surface area contributed by atoms with Gasteiger partial charge in [0, 0.05) is 30.6 Å². The molecule has 0 saturated heterocycles. The van der Waals surface area contributed by atoms with Gasteiger partial charge < -0.3 is 5.32 Å². The van der Waals surface area contributed by atoms with Crippen molar-refractivity contribution < 1.29 is 0 Å². The van der Waals surface area contributed by atoms with E-state index in [1.807, 2.05) is 37.5 Å². The number of hydrogen-bond acceptors (Lipinski definition) is 4. The van der Waals surface area contributed by atoms with E-state index in [2.05, 4.69) is 32.5 Å². The van der Waals surface area contributed by atoms with Crippen LogP contribution in [0.25, 0.3) is 16.9 Å². The van der Waals surface area contributed by atoms with Crippen molar-refractivity contribution >= 4 is 5.95 Å². The topological polar surface area (TPSA) is 55.6 Å². The molecule has 2 heterocycles. The molecule has 3 aromatic rings. The zero-order valence-corrected chi connectivity index (χ0v) is 11.4. The minimum atomic E-state index is 0.586. The Morgan fingerprint density at radius 1 is 1.05 bits per heavy atom. The summed E-state index contributed by atoms with van der Waals surface area (Å²) < 4.78 is 1.78. The third kappa shape index (κ3) is 2.25. The van der Waals surface area contributed by atoms with Gasteiger partial charge in [-0.15, -0.1) is 0 Å². The van der Waals surface area contributed by atoms with Crippen molar-refractivity contribution in [3.05, 3.63) is 54.5 Å². The average Bonchev–Trinajstić information content (AvgIpc) is 2.98. The molecule has 100 valence electrons. The summed E-state index contributed by atoms with van der Waals surface area (Å²) in [6, 6.07) is 10.2. The highest BCUT2D eigenvalue weighted by atomic mass is 15.3. The van der Waals surface area contributed by atoms with Gasteiger partial charge in [-0.2, -0.15) is 10.1 Å². The Bertz CT molecular complexity index is 718. The maximum atomic E-state index is 4.45. The molecule has 2 aromatic heterocycles. The first kappa shape index (κ1) is 12.3. The van der Waals surface area contributed by atoms with Crippen molar-refractivity contribution in [3.63, 3.8) is 0 Å². The quantitative estimate of drug-likeness (QED) is 0.791. The van der Waals surface area contributed by atoms with Crippen LogP contribution in [0.2, 0.25) is 0 Å². The molecule has 5 heteroatoms. The third-order valence-corrected chi connectivity index (χ3v) is 3.08. The van der Waals surface area contributed by atoms with Crippen LogP contribution in [-0.4, -0.2) is 26.8 Å². The summed E-state index contributed by atoms with van der Waals surface area (Å²) in [5, 5.41) is 7.34. The Kier molecular flexibility index (Phi) is 3.16. The number of aromatic nitrogens is 4. The molecule has 0 radical (unpaired) electrons. The second-order valence-electron chi connectivity index (χ2n) is 4.49. The predicted molar refractivity (Wildman–Crippen MR) is 78.9 cm³/mol. The smallest absolute Gasteiger partial charge is 0.224 e. The zero-order chi connectivity index (χ0) is 13.9. The largest absolute Gasteiger partial charge is 0.357 e. The van der Waals surface area contributed by atoms with E-state index >= 15 is 0 Å². The van der Waals surface area contributed by atoms with Crippen LogP contribution in [0.15, 0.2) is 48.9 Å². The van der Waals surface area contributed by atoms with Gasteiger partial charge in [-0.25, -0.2) is 9.67 Å². The number of rotatable bonds is 3. The SMILES string of the molecule is CNc1ncc(C)c(-n2cc(-c3ccccc3)cn2)n1. The molecule has 1 aromatic carbocycles. The molecule has 0 aliphatic heterocycles. The van der Waals surface area contributed by atoms with Gasteiger partial charge in [0.15, 0.2) is 5.82 Å². The molecule has 0 saturated carbocycles. The van der Waals surface area contributed by atoms with Crippen LogP contribution in [0, 0.1) is 6.92 Å². The molecule has 1 N–H and O–H groups in total. The highest BCUT2D eigenvalue weighted by molar-refractivity contribution is 5.62. The lowest BCUT2D eigenvalue weighted by Crippen LogP contribution is -2.05. The Hall–Kier alpha value is -2.69. The summed E-state index contributed by atoms with van der Waals surface area (Å²) in [5.41, 5.74) is 3.18. The van der Waals surface area contributed by atoms with E-state index in [4.69, 9.17) is 0 Å². The van der Waals surface area contributed by atoms with Gasteiger partial charge in [0.1, 0.15) is 0 Å². The fraction of sp³-hybridized carbons (Fsp3) is 0.133. The molecule has 20 heavy (non-hydrogen) atoms. The number of anilines is 1. The molecule has 0 bridgehead atoms. The Labute approximate surface area is 117 Å². The predicted octanol–water partition coefficient (Wildman–Crippen LogP) is 2.68. The molecular weight excluding hydrogens is 250 g/mol. The average molecular weight is 265 g/mol. The van der Waals surface area contributed by atoms with Crippen LogP contribution in [-0.2, 0) is 0 Å². The highest BCUT2D eigenvalue weighted by Crippen LogP contribution is 2.20. The molecular formula is C15H15N5. The van der Waals surface area contributed by atoms with Gasteiger partial charge in [0.2, 0.25) is 5.95 Å². The van der Waals surface area contributed by atoms with Gasteiger partial charge >= 0.3 is 0 Å². The normalized spacial score (nSPS) is 10.5. The second-order valence-corrected chi connectivity index (χ2v) is 4.49. The number of benzene rings is 1. The molecule has 0 atom stereocenters. The Morgan fingerprint density at radius 3 is 2.60 bits per heavy atom. The maximum absolute atomic E-state index is 4.45.